The van der Waals surface area contributed by atoms with Crippen LogP contribution < -0.4 is 23.8 Å². The highest BCUT2D eigenvalue weighted by Crippen LogP contribution is 2.49. The molecule has 4 aromatic rings. The summed E-state index contributed by atoms with van der Waals surface area (Å²) in [6.07, 6.45) is 11.7. The van der Waals surface area contributed by atoms with E-state index >= 15 is 0 Å². The van der Waals surface area contributed by atoms with Gasteiger partial charge in [0.2, 0.25) is 0 Å². The molecule has 55 heavy (non-hydrogen) atoms. The summed E-state index contributed by atoms with van der Waals surface area (Å²) in [5, 5.41) is 0. The molecule has 288 valence electrons. The van der Waals surface area contributed by atoms with Crippen LogP contribution in [0.2, 0.25) is 0 Å². The van der Waals surface area contributed by atoms with Crippen LogP contribution in [0.1, 0.15) is 60.8 Å². The molecule has 4 aromatic carbocycles. The first-order chi connectivity index (χ1) is 26.7. The van der Waals surface area contributed by atoms with Gasteiger partial charge in [-0.25, -0.2) is 8.78 Å². The minimum atomic E-state index is -0.860. The third-order valence-electron chi connectivity index (χ3n) is 10.7. The summed E-state index contributed by atoms with van der Waals surface area (Å²) in [4.78, 5) is 4.68. The molecule has 0 aromatic heterocycles. The second-order valence-electron chi connectivity index (χ2n) is 14.3. The van der Waals surface area contributed by atoms with E-state index < -0.39 is 11.6 Å². The smallest absolute Gasteiger partial charge is 0.167 e. The lowest BCUT2D eigenvalue weighted by atomic mass is 9.97. The number of likely N-dealkylation sites (tertiary alicyclic amines) is 1. The molecule has 8 heteroatoms. The van der Waals surface area contributed by atoms with E-state index in [1.54, 1.807) is 46.7 Å². The van der Waals surface area contributed by atoms with Crippen molar-refractivity contribution in [3.63, 3.8) is 0 Å². The van der Waals surface area contributed by atoms with Crippen molar-refractivity contribution >= 4 is 17.3 Å². The van der Waals surface area contributed by atoms with E-state index in [9.17, 15) is 8.78 Å². The number of hydrogen-bond acceptors (Lipinski definition) is 6. The molecule has 6 nitrogen and oxygen atoms in total. The van der Waals surface area contributed by atoms with E-state index in [1.165, 1.54) is 36.1 Å². The van der Waals surface area contributed by atoms with Crippen LogP contribution in [0.5, 0.6) is 23.0 Å². The van der Waals surface area contributed by atoms with Gasteiger partial charge >= 0.3 is 0 Å². The number of hydrogen-bond donors (Lipinski definition) is 0. The lowest BCUT2D eigenvalue weighted by Gasteiger charge is -2.40. The van der Waals surface area contributed by atoms with Crippen molar-refractivity contribution in [2.75, 3.05) is 53.0 Å². The van der Waals surface area contributed by atoms with Gasteiger partial charge in [0.05, 0.1) is 28.4 Å². The fourth-order valence-corrected chi connectivity index (χ4v) is 7.68. The molecular formula is C47H52F2N2O4. The Morgan fingerprint density at radius 1 is 0.800 bits per heavy atom. The van der Waals surface area contributed by atoms with Crippen LogP contribution in [-0.2, 0) is 6.54 Å². The summed E-state index contributed by atoms with van der Waals surface area (Å²) >= 11 is 0. The summed E-state index contributed by atoms with van der Waals surface area (Å²) in [5.74, 6) is 1.64. The van der Waals surface area contributed by atoms with Gasteiger partial charge in [-0.2, -0.15) is 0 Å². The highest BCUT2D eigenvalue weighted by atomic mass is 19.2. The highest BCUT2D eigenvalue weighted by molar-refractivity contribution is 5.74. The zero-order valence-electron chi connectivity index (χ0n) is 32.7. The third-order valence-corrected chi connectivity index (χ3v) is 10.7. The molecule has 1 aliphatic heterocycles. The fraction of sp³-hybridized carbons (Fsp3) is 0.319. The monoisotopic (exact) mass is 746 g/mol. The number of ether oxygens (including phenoxy) is 4. The topological polar surface area (TPSA) is 43.4 Å². The van der Waals surface area contributed by atoms with E-state index in [0.29, 0.717) is 29.6 Å². The number of rotatable bonds is 16. The Hall–Kier alpha value is -5.34. The Bertz CT molecular complexity index is 2080. The van der Waals surface area contributed by atoms with Crippen LogP contribution in [0.15, 0.2) is 104 Å². The first-order valence-corrected chi connectivity index (χ1v) is 18.9. The summed E-state index contributed by atoms with van der Waals surface area (Å²) in [6.45, 7) is 13.0. The van der Waals surface area contributed by atoms with Crippen molar-refractivity contribution in [3.05, 3.63) is 138 Å². The highest BCUT2D eigenvalue weighted by Gasteiger charge is 2.30. The molecule has 1 heterocycles. The standard InChI is InChI=1S/C47H52F2N2O4/c1-8-11-32(22-31(3)37-24-34(9-2)46(54-6)44(26-37)52-4)30-51(40-16-17-42(48)43(49)28-40)39-18-20-50(21-19-39)29-33-12-10-13-36(23-33)38-25-41(35-14-15-35)47(55-7)45(27-38)53-5/h8-13,16-17,22-28,35,39H,1-2,14-15,18-21,29-30H2,3-7H3/b31-22+,32-11+. The van der Waals surface area contributed by atoms with E-state index in [0.717, 1.165) is 77.4 Å². The molecule has 0 bridgehead atoms. The number of benzene rings is 4. The number of anilines is 1. The maximum Gasteiger partial charge on any atom is 0.167 e. The van der Waals surface area contributed by atoms with Gasteiger partial charge in [-0.05, 0) is 114 Å². The number of piperidine rings is 1. The summed E-state index contributed by atoms with van der Waals surface area (Å²) < 4.78 is 51.6. The lowest BCUT2D eigenvalue weighted by Crippen LogP contribution is -2.45. The van der Waals surface area contributed by atoms with Crippen molar-refractivity contribution in [1.82, 2.24) is 4.90 Å². The van der Waals surface area contributed by atoms with Gasteiger partial charge in [0, 0.05) is 55.1 Å². The van der Waals surface area contributed by atoms with Crippen molar-refractivity contribution in [1.29, 1.82) is 0 Å². The molecule has 1 saturated heterocycles. The summed E-state index contributed by atoms with van der Waals surface area (Å²) in [7, 11) is 6.63. The normalized spacial score (nSPS) is 15.4. The van der Waals surface area contributed by atoms with Crippen LogP contribution in [0.3, 0.4) is 0 Å². The fourth-order valence-electron chi connectivity index (χ4n) is 7.68. The quantitative estimate of drug-likeness (QED) is 0.106. The second kappa shape index (κ2) is 17.9. The Morgan fingerprint density at radius 2 is 1.53 bits per heavy atom. The molecule has 0 spiro atoms. The average molecular weight is 747 g/mol. The van der Waals surface area contributed by atoms with Crippen LogP contribution >= 0.6 is 0 Å². The predicted molar refractivity (Wildman–Crippen MR) is 221 cm³/mol. The maximum atomic E-state index is 14.7. The van der Waals surface area contributed by atoms with Gasteiger partial charge < -0.3 is 23.8 Å². The largest absolute Gasteiger partial charge is 0.493 e. The van der Waals surface area contributed by atoms with Crippen molar-refractivity contribution in [3.8, 4) is 34.1 Å². The van der Waals surface area contributed by atoms with Gasteiger partial charge in [0.1, 0.15) is 0 Å². The second-order valence-corrected chi connectivity index (χ2v) is 14.3. The molecule has 6 rings (SSSR count). The Morgan fingerprint density at radius 3 is 2.16 bits per heavy atom. The average Bonchev–Trinajstić information content (AvgIpc) is 4.06. The molecule has 2 fully saturated rings. The van der Waals surface area contributed by atoms with Crippen molar-refractivity contribution in [2.24, 2.45) is 0 Å². The number of methoxy groups -OCH3 is 4. The SMILES string of the molecule is C=C/C=C(\C=C(/C)c1cc(C=C)c(OC)c(OC)c1)CN(c1ccc(F)c(F)c1)C1CCN(Cc2cccc(-c3cc(OC)c(OC)c(C4CC4)c3)c2)CC1. The first kappa shape index (κ1) is 39.4. The van der Waals surface area contributed by atoms with E-state index in [1.807, 2.05) is 25.1 Å². The first-order valence-electron chi connectivity index (χ1n) is 18.9. The summed E-state index contributed by atoms with van der Waals surface area (Å²) in [5.41, 5.74) is 9.13. The molecule has 0 unspecified atom stereocenters. The van der Waals surface area contributed by atoms with Gasteiger partial charge in [0.15, 0.2) is 34.6 Å². The predicted octanol–water partition coefficient (Wildman–Crippen LogP) is 10.9. The molecule has 0 N–H and O–H groups in total. The third kappa shape index (κ3) is 9.14. The zero-order chi connectivity index (χ0) is 39.1. The summed E-state index contributed by atoms with van der Waals surface area (Å²) in [6, 6.07) is 21.3. The Balaban J connectivity index is 1.21. The molecule has 1 aliphatic carbocycles. The number of halogens is 2. The minimum absolute atomic E-state index is 0.107. The maximum absolute atomic E-state index is 14.7. The van der Waals surface area contributed by atoms with Crippen molar-refractivity contribution < 1.29 is 27.7 Å². The number of allylic oxidation sites excluding steroid dienone is 3. The van der Waals surface area contributed by atoms with E-state index in [-0.39, 0.29) is 6.04 Å². The number of nitrogens with zero attached hydrogens (tertiary/aromatic N) is 2. The van der Waals surface area contributed by atoms with Crippen LogP contribution in [-0.4, -0.2) is 59.0 Å². The van der Waals surface area contributed by atoms with Crippen molar-refractivity contribution in [2.45, 2.75) is 51.1 Å². The van der Waals surface area contributed by atoms with Gasteiger partial charge in [-0.1, -0.05) is 55.7 Å². The molecular weight excluding hydrogens is 695 g/mol. The molecule has 2 aliphatic rings. The Kier molecular flexibility index (Phi) is 12.8. The molecule has 0 amide bonds. The Labute approximate surface area is 325 Å². The van der Waals surface area contributed by atoms with E-state index in [4.69, 9.17) is 18.9 Å². The van der Waals surface area contributed by atoms with Gasteiger partial charge in [-0.3, -0.25) is 4.90 Å². The van der Waals surface area contributed by atoms with Gasteiger partial charge in [0.25, 0.3) is 0 Å². The molecule has 0 radical (unpaired) electrons. The molecule has 1 saturated carbocycles. The minimum Gasteiger partial charge on any atom is -0.493 e. The van der Waals surface area contributed by atoms with Gasteiger partial charge in [-0.15, -0.1) is 0 Å². The zero-order valence-corrected chi connectivity index (χ0v) is 32.7. The van der Waals surface area contributed by atoms with Crippen LogP contribution in [0.4, 0.5) is 14.5 Å². The molecule has 0 atom stereocenters. The lowest BCUT2D eigenvalue weighted by molar-refractivity contribution is 0.202. The van der Waals surface area contributed by atoms with Crippen LogP contribution in [0, 0.1) is 11.6 Å². The van der Waals surface area contributed by atoms with Crippen LogP contribution in [0.25, 0.3) is 22.8 Å². The van der Waals surface area contributed by atoms with E-state index in [2.05, 4.69) is 65.4 Å².